The number of carbonyl (C=O) groups is 1. The molecule has 1 fully saturated rings. The second-order valence-corrected chi connectivity index (χ2v) is 4.96. The Morgan fingerprint density at radius 3 is 2.56 bits per heavy atom. The average molecular weight is 285 g/mol. The van der Waals surface area contributed by atoms with E-state index in [0.717, 1.165) is 23.1 Å². The predicted molar refractivity (Wildman–Crippen MR) is 63.5 cm³/mol. The van der Waals surface area contributed by atoms with Gasteiger partial charge in [0, 0.05) is 4.47 Å². The summed E-state index contributed by atoms with van der Waals surface area (Å²) in [6.45, 7) is 0.266. The number of benzene rings is 1. The van der Waals surface area contributed by atoms with E-state index in [-0.39, 0.29) is 12.5 Å². The molecule has 16 heavy (non-hydrogen) atoms. The molecule has 1 aromatic rings. The fraction of sp³-hybridized carbons (Fsp3) is 0.417. The molecule has 0 saturated heterocycles. The van der Waals surface area contributed by atoms with Crippen LogP contribution in [-0.4, -0.2) is 17.7 Å². The van der Waals surface area contributed by atoms with Gasteiger partial charge in [0.25, 0.3) is 0 Å². The van der Waals surface area contributed by atoms with Crippen molar-refractivity contribution in [1.29, 1.82) is 0 Å². The van der Waals surface area contributed by atoms with Gasteiger partial charge in [-0.15, -0.1) is 0 Å². The molecule has 86 valence electrons. The van der Waals surface area contributed by atoms with Gasteiger partial charge in [-0.2, -0.15) is 0 Å². The average Bonchev–Trinajstić information content (AvgIpc) is 3.05. The number of ether oxygens (including phenoxy) is 1. The lowest BCUT2D eigenvalue weighted by Crippen LogP contribution is -2.23. The zero-order chi connectivity index (χ0) is 11.5. The number of carboxylic acid groups (broad SMARTS) is 1. The summed E-state index contributed by atoms with van der Waals surface area (Å²) >= 11 is 3.33. The van der Waals surface area contributed by atoms with Crippen LogP contribution in [0, 0.1) is 11.8 Å². The molecule has 1 atom stereocenters. The van der Waals surface area contributed by atoms with Crippen LogP contribution in [0.15, 0.2) is 28.7 Å². The lowest BCUT2D eigenvalue weighted by Gasteiger charge is -2.12. The van der Waals surface area contributed by atoms with Crippen LogP contribution in [-0.2, 0) is 4.79 Å². The monoisotopic (exact) mass is 284 g/mol. The van der Waals surface area contributed by atoms with E-state index in [2.05, 4.69) is 15.9 Å². The van der Waals surface area contributed by atoms with Crippen LogP contribution in [0.25, 0.3) is 0 Å². The summed E-state index contributed by atoms with van der Waals surface area (Å²) in [4.78, 5) is 11.0. The van der Waals surface area contributed by atoms with Crippen LogP contribution in [0.1, 0.15) is 12.8 Å². The number of rotatable bonds is 5. The molecule has 2 rings (SSSR count). The van der Waals surface area contributed by atoms with Crippen molar-refractivity contribution in [3.05, 3.63) is 28.7 Å². The normalized spacial score (nSPS) is 16.8. The van der Waals surface area contributed by atoms with Crippen molar-refractivity contribution in [3.63, 3.8) is 0 Å². The molecule has 1 aromatic carbocycles. The molecule has 0 amide bonds. The molecule has 1 N–H and O–H groups in total. The van der Waals surface area contributed by atoms with Gasteiger partial charge in [-0.3, -0.25) is 4.79 Å². The maximum absolute atomic E-state index is 11.0. The highest BCUT2D eigenvalue weighted by Gasteiger charge is 2.36. The number of halogens is 1. The fourth-order valence-corrected chi connectivity index (χ4v) is 1.89. The summed E-state index contributed by atoms with van der Waals surface area (Å²) in [7, 11) is 0. The van der Waals surface area contributed by atoms with E-state index < -0.39 is 5.97 Å². The standard InChI is InChI=1S/C12H13BrO3/c13-9-3-5-10(6-4-9)16-7-11(12(14)15)8-1-2-8/h3-6,8,11H,1-2,7H2,(H,14,15). The Bertz CT molecular complexity index is 370. The Kier molecular flexibility index (Phi) is 3.49. The summed E-state index contributed by atoms with van der Waals surface area (Å²) in [6, 6.07) is 7.41. The van der Waals surface area contributed by atoms with Crippen LogP contribution in [0.5, 0.6) is 5.75 Å². The van der Waals surface area contributed by atoms with Crippen LogP contribution in [0.4, 0.5) is 0 Å². The predicted octanol–water partition coefficient (Wildman–Crippen LogP) is 2.94. The van der Waals surface area contributed by atoms with E-state index in [1.54, 1.807) is 0 Å². The zero-order valence-electron chi connectivity index (χ0n) is 8.73. The van der Waals surface area contributed by atoms with Gasteiger partial charge in [-0.25, -0.2) is 0 Å². The first-order chi connectivity index (χ1) is 7.66. The van der Waals surface area contributed by atoms with Crippen molar-refractivity contribution in [2.75, 3.05) is 6.61 Å². The van der Waals surface area contributed by atoms with Crippen LogP contribution in [0.3, 0.4) is 0 Å². The third-order valence-corrected chi connectivity index (χ3v) is 3.28. The van der Waals surface area contributed by atoms with Crippen molar-refractivity contribution in [1.82, 2.24) is 0 Å². The second kappa shape index (κ2) is 4.87. The smallest absolute Gasteiger partial charge is 0.310 e. The van der Waals surface area contributed by atoms with Gasteiger partial charge in [0.05, 0.1) is 5.92 Å². The van der Waals surface area contributed by atoms with Crippen LogP contribution >= 0.6 is 15.9 Å². The third-order valence-electron chi connectivity index (χ3n) is 2.75. The molecule has 1 saturated carbocycles. The van der Waals surface area contributed by atoms with Crippen molar-refractivity contribution in [2.45, 2.75) is 12.8 Å². The van der Waals surface area contributed by atoms with Crippen molar-refractivity contribution >= 4 is 21.9 Å². The van der Waals surface area contributed by atoms with Crippen molar-refractivity contribution < 1.29 is 14.6 Å². The minimum Gasteiger partial charge on any atom is -0.493 e. The minimum absolute atomic E-state index is 0.266. The van der Waals surface area contributed by atoms with Gasteiger partial charge >= 0.3 is 5.97 Å². The highest BCUT2D eigenvalue weighted by atomic mass is 79.9. The molecule has 0 aliphatic heterocycles. The first kappa shape index (κ1) is 11.5. The molecular weight excluding hydrogens is 272 g/mol. The van der Waals surface area contributed by atoms with Crippen LogP contribution in [0.2, 0.25) is 0 Å². The molecule has 3 nitrogen and oxygen atoms in total. The molecule has 0 radical (unpaired) electrons. The number of aliphatic carboxylic acids is 1. The van der Waals surface area contributed by atoms with Gasteiger partial charge < -0.3 is 9.84 Å². The molecule has 0 spiro atoms. The molecule has 4 heteroatoms. The molecule has 1 aliphatic rings. The Labute approximate surface area is 103 Å². The molecule has 0 heterocycles. The van der Waals surface area contributed by atoms with E-state index in [1.165, 1.54) is 0 Å². The Morgan fingerprint density at radius 1 is 1.44 bits per heavy atom. The van der Waals surface area contributed by atoms with Gasteiger partial charge in [-0.05, 0) is 43.0 Å². The van der Waals surface area contributed by atoms with E-state index in [1.807, 2.05) is 24.3 Å². The van der Waals surface area contributed by atoms with E-state index in [0.29, 0.717) is 5.92 Å². The second-order valence-electron chi connectivity index (χ2n) is 4.05. The van der Waals surface area contributed by atoms with Crippen molar-refractivity contribution in [2.24, 2.45) is 11.8 Å². The fourth-order valence-electron chi connectivity index (χ4n) is 1.62. The minimum atomic E-state index is -0.750. The maximum atomic E-state index is 11.0. The molecule has 1 unspecified atom stereocenters. The Hall–Kier alpha value is -1.03. The van der Waals surface area contributed by atoms with E-state index in [9.17, 15) is 4.79 Å². The Balaban J connectivity index is 1.90. The number of hydrogen-bond donors (Lipinski definition) is 1. The van der Waals surface area contributed by atoms with Gasteiger partial charge in [0.2, 0.25) is 0 Å². The number of hydrogen-bond acceptors (Lipinski definition) is 2. The van der Waals surface area contributed by atoms with Gasteiger partial charge in [0.15, 0.2) is 0 Å². The molecular formula is C12H13BrO3. The highest BCUT2D eigenvalue weighted by molar-refractivity contribution is 9.10. The number of carboxylic acids is 1. The SMILES string of the molecule is O=C(O)C(COc1ccc(Br)cc1)C1CC1. The zero-order valence-corrected chi connectivity index (χ0v) is 10.3. The molecule has 0 bridgehead atoms. The topological polar surface area (TPSA) is 46.5 Å². The lowest BCUT2D eigenvalue weighted by molar-refractivity contribution is -0.143. The van der Waals surface area contributed by atoms with Crippen molar-refractivity contribution in [3.8, 4) is 5.75 Å². The summed E-state index contributed by atoms with van der Waals surface area (Å²) in [5, 5.41) is 9.02. The first-order valence-corrected chi connectivity index (χ1v) is 6.07. The largest absolute Gasteiger partial charge is 0.493 e. The van der Waals surface area contributed by atoms with Gasteiger partial charge in [0.1, 0.15) is 12.4 Å². The maximum Gasteiger partial charge on any atom is 0.310 e. The highest BCUT2D eigenvalue weighted by Crippen LogP contribution is 2.37. The summed E-state index contributed by atoms with van der Waals surface area (Å²) in [5.41, 5.74) is 0. The third kappa shape index (κ3) is 2.98. The summed E-state index contributed by atoms with van der Waals surface area (Å²) in [6.07, 6.45) is 2.03. The Morgan fingerprint density at radius 2 is 2.06 bits per heavy atom. The van der Waals surface area contributed by atoms with E-state index in [4.69, 9.17) is 9.84 Å². The molecule has 0 aromatic heterocycles. The van der Waals surface area contributed by atoms with E-state index >= 15 is 0 Å². The van der Waals surface area contributed by atoms with Gasteiger partial charge in [-0.1, -0.05) is 15.9 Å². The van der Waals surface area contributed by atoms with Crippen LogP contribution < -0.4 is 4.74 Å². The molecule has 1 aliphatic carbocycles. The quantitative estimate of drug-likeness (QED) is 0.904. The first-order valence-electron chi connectivity index (χ1n) is 5.28. The lowest BCUT2D eigenvalue weighted by atomic mass is 10.1. The summed E-state index contributed by atoms with van der Waals surface area (Å²) < 4.78 is 6.47. The summed E-state index contributed by atoms with van der Waals surface area (Å²) in [5.74, 6) is -0.0775.